The minimum atomic E-state index is -0.887. The maximum atomic E-state index is 11.5. The minimum Gasteiger partial charge on any atom is -0.466 e. The van der Waals surface area contributed by atoms with Gasteiger partial charge in [-0.2, -0.15) is 0 Å². The van der Waals surface area contributed by atoms with Crippen molar-refractivity contribution < 1.29 is 28.9 Å². The fourth-order valence-electron chi connectivity index (χ4n) is 1.54. The van der Waals surface area contributed by atoms with E-state index >= 15 is 0 Å². The van der Waals surface area contributed by atoms with E-state index in [0.29, 0.717) is 0 Å². The Bertz CT molecular complexity index is 663. The highest BCUT2D eigenvalue weighted by Crippen LogP contribution is 2.23. The van der Waals surface area contributed by atoms with Gasteiger partial charge in [0.2, 0.25) is 0 Å². The van der Waals surface area contributed by atoms with Gasteiger partial charge in [0.15, 0.2) is 0 Å². The topological polar surface area (TPSA) is 139 Å². The highest BCUT2D eigenvalue weighted by molar-refractivity contribution is 5.95. The second-order valence-corrected chi connectivity index (χ2v) is 4.30. The number of esters is 2. The van der Waals surface area contributed by atoms with Gasteiger partial charge in [-0.3, -0.25) is 20.2 Å². The largest absolute Gasteiger partial charge is 0.466 e. The van der Waals surface area contributed by atoms with Gasteiger partial charge in [0.1, 0.15) is 6.61 Å². The van der Waals surface area contributed by atoms with E-state index in [1.54, 1.807) is 0 Å². The quantitative estimate of drug-likeness (QED) is 0.333. The fraction of sp³-hybridized carbons (Fsp3) is 0.231. The van der Waals surface area contributed by atoms with Gasteiger partial charge in [-0.05, 0) is 6.92 Å². The normalized spacial score (nSPS) is 10.8. The van der Waals surface area contributed by atoms with Crippen LogP contribution in [0.4, 0.5) is 11.4 Å². The number of nitrogens with zero attached hydrogens (tertiary/aromatic N) is 2. The molecule has 0 spiro atoms. The molecule has 0 aliphatic rings. The van der Waals surface area contributed by atoms with Crippen LogP contribution >= 0.6 is 0 Å². The monoisotopic (exact) mass is 324 g/mol. The van der Waals surface area contributed by atoms with Crippen molar-refractivity contribution in [2.45, 2.75) is 13.5 Å². The predicted octanol–water partition coefficient (Wildman–Crippen LogP) is 1.67. The molecule has 10 nitrogen and oxygen atoms in total. The number of hydrogen-bond acceptors (Lipinski definition) is 8. The van der Waals surface area contributed by atoms with E-state index in [1.807, 2.05) is 0 Å². The Morgan fingerprint density at radius 3 is 2.09 bits per heavy atom. The van der Waals surface area contributed by atoms with E-state index in [1.165, 1.54) is 6.92 Å². The van der Waals surface area contributed by atoms with Gasteiger partial charge in [-0.15, -0.1) is 0 Å². The highest BCUT2D eigenvalue weighted by Gasteiger charge is 2.17. The van der Waals surface area contributed by atoms with Crippen molar-refractivity contribution in [3.8, 4) is 0 Å². The summed E-state index contributed by atoms with van der Waals surface area (Å²) >= 11 is 0. The number of benzene rings is 1. The Morgan fingerprint density at radius 2 is 1.65 bits per heavy atom. The van der Waals surface area contributed by atoms with E-state index in [2.05, 4.69) is 4.74 Å². The molecule has 122 valence electrons. The molecule has 23 heavy (non-hydrogen) atoms. The zero-order chi connectivity index (χ0) is 17.6. The lowest BCUT2D eigenvalue weighted by molar-refractivity contribution is -0.394. The molecule has 0 amide bonds. The molecule has 1 rings (SSSR count). The standard InChI is InChI=1S/C13H12N2O8/c1-8(13(17)22-2)3-12(16)23-7-9-4-10(14(18)19)6-11(5-9)15(20)21/h3-6H,7H2,1-2H3/b8-3-. The van der Waals surface area contributed by atoms with Gasteiger partial charge in [0, 0.05) is 29.3 Å². The van der Waals surface area contributed by atoms with Crippen molar-refractivity contribution in [1.82, 2.24) is 0 Å². The molecule has 0 atom stereocenters. The van der Waals surface area contributed by atoms with Crippen LogP contribution < -0.4 is 0 Å². The van der Waals surface area contributed by atoms with Crippen molar-refractivity contribution in [1.29, 1.82) is 0 Å². The van der Waals surface area contributed by atoms with E-state index in [0.717, 1.165) is 31.4 Å². The molecule has 10 heteroatoms. The number of nitro groups is 2. The van der Waals surface area contributed by atoms with Crippen LogP contribution in [0.1, 0.15) is 12.5 Å². The molecule has 0 unspecified atom stereocenters. The first-order valence-electron chi connectivity index (χ1n) is 6.10. The van der Waals surface area contributed by atoms with Gasteiger partial charge >= 0.3 is 11.9 Å². The molecule has 1 aromatic carbocycles. The summed E-state index contributed by atoms with van der Waals surface area (Å²) in [6.07, 6.45) is 0.887. The Hall–Kier alpha value is -3.30. The summed E-state index contributed by atoms with van der Waals surface area (Å²) in [4.78, 5) is 42.5. The molecule has 0 bridgehead atoms. The van der Waals surface area contributed by atoms with Crippen LogP contribution in [-0.2, 0) is 25.7 Å². The first kappa shape index (κ1) is 17.8. The molecule has 0 saturated heterocycles. The summed E-state index contributed by atoms with van der Waals surface area (Å²) in [5.74, 6) is -1.60. The maximum absolute atomic E-state index is 11.5. The average molecular weight is 324 g/mol. The van der Waals surface area contributed by atoms with Crippen LogP contribution in [0.25, 0.3) is 0 Å². The highest BCUT2D eigenvalue weighted by atomic mass is 16.6. The summed E-state index contributed by atoms with van der Waals surface area (Å²) in [6.45, 7) is 0.914. The molecule has 0 aromatic heterocycles. The van der Waals surface area contributed by atoms with E-state index in [4.69, 9.17) is 4.74 Å². The summed E-state index contributed by atoms with van der Waals surface area (Å²) in [7, 11) is 1.15. The molecular weight excluding hydrogens is 312 g/mol. The summed E-state index contributed by atoms with van der Waals surface area (Å²) in [5.41, 5.74) is -0.913. The molecule has 0 heterocycles. The van der Waals surface area contributed by atoms with Crippen molar-refractivity contribution >= 4 is 23.3 Å². The minimum absolute atomic E-state index is 0.00234. The van der Waals surface area contributed by atoms with E-state index in [9.17, 15) is 29.8 Å². The number of carbonyl (C=O) groups is 2. The van der Waals surface area contributed by atoms with Crippen LogP contribution in [-0.4, -0.2) is 28.9 Å². The predicted molar refractivity (Wildman–Crippen MR) is 75.3 cm³/mol. The lowest BCUT2D eigenvalue weighted by Crippen LogP contribution is -2.07. The van der Waals surface area contributed by atoms with E-state index < -0.39 is 39.8 Å². The third kappa shape index (κ3) is 5.19. The third-order valence-electron chi connectivity index (χ3n) is 2.61. The van der Waals surface area contributed by atoms with Crippen molar-refractivity contribution in [3.05, 3.63) is 55.6 Å². The molecule has 0 aliphatic heterocycles. The Morgan fingerprint density at radius 1 is 1.13 bits per heavy atom. The zero-order valence-corrected chi connectivity index (χ0v) is 12.2. The lowest BCUT2D eigenvalue weighted by atomic mass is 10.2. The zero-order valence-electron chi connectivity index (χ0n) is 12.2. The number of non-ortho nitro benzene ring substituents is 2. The number of carbonyl (C=O) groups excluding carboxylic acids is 2. The second-order valence-electron chi connectivity index (χ2n) is 4.30. The number of hydrogen-bond donors (Lipinski definition) is 0. The van der Waals surface area contributed by atoms with Crippen molar-refractivity contribution in [2.24, 2.45) is 0 Å². The molecule has 0 aliphatic carbocycles. The van der Waals surface area contributed by atoms with Crippen LogP contribution in [0.3, 0.4) is 0 Å². The fourth-order valence-corrected chi connectivity index (χ4v) is 1.54. The van der Waals surface area contributed by atoms with Crippen molar-refractivity contribution in [2.75, 3.05) is 7.11 Å². The molecule has 0 fully saturated rings. The van der Waals surface area contributed by atoms with Crippen LogP contribution in [0, 0.1) is 20.2 Å². The first-order valence-corrected chi connectivity index (χ1v) is 6.10. The maximum Gasteiger partial charge on any atom is 0.333 e. The van der Waals surface area contributed by atoms with Gasteiger partial charge in [-0.1, -0.05) is 0 Å². The summed E-state index contributed by atoms with van der Waals surface area (Å²) in [5, 5.41) is 21.5. The average Bonchev–Trinajstić information content (AvgIpc) is 2.51. The number of rotatable bonds is 6. The van der Waals surface area contributed by atoms with Gasteiger partial charge in [0.25, 0.3) is 11.4 Å². The first-order chi connectivity index (χ1) is 10.7. The van der Waals surface area contributed by atoms with Crippen LogP contribution in [0.5, 0.6) is 0 Å². The van der Waals surface area contributed by atoms with Crippen LogP contribution in [0.2, 0.25) is 0 Å². The summed E-state index contributed by atoms with van der Waals surface area (Å²) < 4.78 is 9.19. The van der Waals surface area contributed by atoms with Gasteiger partial charge in [-0.25, -0.2) is 9.59 Å². The molecule has 0 saturated carbocycles. The Kier molecular flexibility index (Phi) is 5.89. The van der Waals surface area contributed by atoms with Gasteiger partial charge < -0.3 is 9.47 Å². The van der Waals surface area contributed by atoms with E-state index in [-0.39, 0.29) is 11.1 Å². The molecule has 0 N–H and O–H groups in total. The molecule has 1 aromatic rings. The second kappa shape index (κ2) is 7.64. The number of nitro benzene ring substituents is 2. The number of ether oxygens (including phenoxy) is 2. The number of methoxy groups -OCH3 is 1. The molecule has 0 radical (unpaired) electrons. The third-order valence-corrected chi connectivity index (χ3v) is 2.61. The Labute approximate surface area is 129 Å². The Balaban J connectivity index is 2.89. The smallest absolute Gasteiger partial charge is 0.333 e. The van der Waals surface area contributed by atoms with Crippen molar-refractivity contribution in [3.63, 3.8) is 0 Å². The lowest BCUT2D eigenvalue weighted by Gasteiger charge is -2.04. The SMILES string of the molecule is COC(=O)/C(C)=C\C(=O)OCc1cc([N+](=O)[O-])cc([N+](=O)[O-])c1. The van der Waals surface area contributed by atoms with Crippen LogP contribution in [0.15, 0.2) is 29.8 Å². The van der Waals surface area contributed by atoms with Gasteiger partial charge in [0.05, 0.1) is 23.0 Å². The molecular formula is C13H12N2O8. The summed E-state index contributed by atoms with van der Waals surface area (Å²) in [6, 6.07) is 2.90.